The molecule has 8 heteroatoms. The molecule has 0 spiro atoms. The molecule has 1 heterocycles. The predicted molar refractivity (Wildman–Crippen MR) is 118 cm³/mol. The van der Waals surface area contributed by atoms with Crippen molar-refractivity contribution in [2.75, 3.05) is 17.1 Å². The van der Waals surface area contributed by atoms with Crippen LogP contribution in [0.5, 0.6) is 5.75 Å². The van der Waals surface area contributed by atoms with E-state index in [9.17, 15) is 8.42 Å². The molecule has 0 saturated heterocycles. The summed E-state index contributed by atoms with van der Waals surface area (Å²) in [6.07, 6.45) is 0. The number of nitrogens with zero attached hydrogens (tertiary/aromatic N) is 2. The van der Waals surface area contributed by atoms with Gasteiger partial charge in [0, 0.05) is 5.69 Å². The highest BCUT2D eigenvalue weighted by atomic mass is 32.2. The number of para-hydroxylation sites is 2. The lowest BCUT2D eigenvalue weighted by molar-refractivity contribution is 0.414. The second-order valence-corrected chi connectivity index (χ2v) is 8.36. The second-order valence-electron chi connectivity index (χ2n) is 6.68. The largest absolute Gasteiger partial charge is 0.497 e. The first-order valence-electron chi connectivity index (χ1n) is 9.22. The summed E-state index contributed by atoms with van der Waals surface area (Å²) in [5, 5.41) is 3.16. The molecule has 30 heavy (non-hydrogen) atoms. The van der Waals surface area contributed by atoms with Crippen LogP contribution in [0.1, 0.15) is 5.56 Å². The van der Waals surface area contributed by atoms with Gasteiger partial charge in [-0.05, 0) is 55.5 Å². The molecule has 0 aliphatic heterocycles. The van der Waals surface area contributed by atoms with Gasteiger partial charge in [0.15, 0.2) is 11.6 Å². The fourth-order valence-electron chi connectivity index (χ4n) is 2.87. The molecule has 152 valence electrons. The number of sulfonamides is 1. The van der Waals surface area contributed by atoms with E-state index in [0.29, 0.717) is 22.6 Å². The van der Waals surface area contributed by atoms with Crippen molar-refractivity contribution in [3.8, 4) is 5.75 Å². The van der Waals surface area contributed by atoms with Crippen molar-refractivity contribution in [3.63, 3.8) is 0 Å². The molecular formula is C22H20N4O3S. The number of ether oxygens (including phenoxy) is 1. The van der Waals surface area contributed by atoms with Gasteiger partial charge < -0.3 is 10.1 Å². The van der Waals surface area contributed by atoms with Gasteiger partial charge in [-0.3, -0.25) is 4.72 Å². The molecule has 0 saturated carbocycles. The normalized spacial score (nSPS) is 11.3. The molecule has 4 aromatic rings. The molecule has 0 fully saturated rings. The summed E-state index contributed by atoms with van der Waals surface area (Å²) in [6, 6.07) is 21.1. The van der Waals surface area contributed by atoms with E-state index >= 15 is 0 Å². The average molecular weight is 420 g/mol. The van der Waals surface area contributed by atoms with Crippen molar-refractivity contribution < 1.29 is 13.2 Å². The third kappa shape index (κ3) is 4.18. The Morgan fingerprint density at radius 3 is 2.00 bits per heavy atom. The molecule has 7 nitrogen and oxygen atoms in total. The molecule has 0 amide bonds. The number of hydrogen-bond acceptors (Lipinski definition) is 6. The highest BCUT2D eigenvalue weighted by molar-refractivity contribution is 7.92. The zero-order valence-corrected chi connectivity index (χ0v) is 17.3. The fourth-order valence-corrected chi connectivity index (χ4v) is 3.88. The Morgan fingerprint density at radius 2 is 1.40 bits per heavy atom. The minimum Gasteiger partial charge on any atom is -0.497 e. The first-order chi connectivity index (χ1) is 14.4. The van der Waals surface area contributed by atoms with E-state index in [2.05, 4.69) is 20.0 Å². The number of benzene rings is 3. The van der Waals surface area contributed by atoms with Crippen LogP contribution in [0.15, 0.2) is 77.7 Å². The van der Waals surface area contributed by atoms with E-state index in [1.165, 1.54) is 19.2 Å². The molecule has 3 aromatic carbocycles. The average Bonchev–Trinajstić information content (AvgIpc) is 2.75. The molecule has 0 aliphatic rings. The molecule has 0 bridgehead atoms. The molecule has 4 rings (SSSR count). The van der Waals surface area contributed by atoms with Crippen molar-refractivity contribution in [1.82, 2.24) is 9.97 Å². The Labute approximate surface area is 174 Å². The monoisotopic (exact) mass is 420 g/mol. The van der Waals surface area contributed by atoms with Crippen LogP contribution < -0.4 is 14.8 Å². The third-order valence-electron chi connectivity index (χ3n) is 4.49. The first kappa shape index (κ1) is 19.7. The van der Waals surface area contributed by atoms with E-state index in [-0.39, 0.29) is 10.7 Å². The lowest BCUT2D eigenvalue weighted by Gasteiger charge is -2.14. The number of rotatable bonds is 6. The van der Waals surface area contributed by atoms with E-state index in [4.69, 9.17) is 4.74 Å². The molecular weight excluding hydrogens is 400 g/mol. The summed E-state index contributed by atoms with van der Waals surface area (Å²) in [6.45, 7) is 1.99. The number of fused-ring (bicyclic) bond motifs is 1. The highest BCUT2D eigenvalue weighted by Crippen LogP contribution is 2.27. The Bertz CT molecular complexity index is 1290. The summed E-state index contributed by atoms with van der Waals surface area (Å²) in [5.74, 6) is 1.00. The van der Waals surface area contributed by atoms with Crippen LogP contribution in [0.2, 0.25) is 0 Å². The topological polar surface area (TPSA) is 93.2 Å². The van der Waals surface area contributed by atoms with Crippen LogP contribution in [0.25, 0.3) is 11.0 Å². The third-order valence-corrected chi connectivity index (χ3v) is 5.84. The van der Waals surface area contributed by atoms with E-state index in [0.717, 1.165) is 11.3 Å². The van der Waals surface area contributed by atoms with Crippen molar-refractivity contribution in [1.29, 1.82) is 0 Å². The standard InChI is InChI=1S/C22H20N4O3S/c1-15-7-9-16(10-8-15)23-21-22(25-20-6-4-3-5-19(20)24-21)26-30(27,28)18-13-11-17(29-2)12-14-18/h3-14H,1-2H3,(H,23,24)(H,25,26). The number of methoxy groups -OCH3 is 1. The molecule has 2 N–H and O–H groups in total. The van der Waals surface area contributed by atoms with Gasteiger partial charge >= 0.3 is 0 Å². The summed E-state index contributed by atoms with van der Waals surface area (Å²) in [7, 11) is -2.35. The van der Waals surface area contributed by atoms with Gasteiger partial charge in [-0.15, -0.1) is 0 Å². The van der Waals surface area contributed by atoms with Crippen LogP contribution in [0.4, 0.5) is 17.3 Å². The predicted octanol–water partition coefficient (Wildman–Crippen LogP) is 4.49. The minimum absolute atomic E-state index is 0.0968. The Hall–Kier alpha value is -3.65. The number of anilines is 3. The van der Waals surface area contributed by atoms with E-state index < -0.39 is 10.0 Å². The summed E-state index contributed by atoms with van der Waals surface area (Å²) < 4.78 is 33.5. The maximum Gasteiger partial charge on any atom is 0.263 e. The number of nitrogens with one attached hydrogen (secondary N) is 2. The van der Waals surface area contributed by atoms with Crippen LogP contribution in [0, 0.1) is 6.92 Å². The lowest BCUT2D eigenvalue weighted by Crippen LogP contribution is -2.16. The second kappa shape index (κ2) is 8.00. The summed E-state index contributed by atoms with van der Waals surface area (Å²) >= 11 is 0. The maximum absolute atomic E-state index is 12.9. The quantitative estimate of drug-likeness (QED) is 0.477. The van der Waals surface area contributed by atoms with Crippen molar-refractivity contribution in [3.05, 3.63) is 78.4 Å². The molecule has 0 atom stereocenters. The number of hydrogen-bond donors (Lipinski definition) is 2. The lowest BCUT2D eigenvalue weighted by atomic mass is 10.2. The Balaban J connectivity index is 1.74. The van der Waals surface area contributed by atoms with Gasteiger partial charge in [0.25, 0.3) is 10.0 Å². The van der Waals surface area contributed by atoms with Gasteiger partial charge in [0.1, 0.15) is 5.75 Å². The highest BCUT2D eigenvalue weighted by Gasteiger charge is 2.19. The van der Waals surface area contributed by atoms with Crippen LogP contribution >= 0.6 is 0 Å². The minimum atomic E-state index is -3.88. The molecule has 0 radical (unpaired) electrons. The zero-order valence-electron chi connectivity index (χ0n) is 16.5. The van der Waals surface area contributed by atoms with Gasteiger partial charge in [0.05, 0.1) is 23.0 Å². The van der Waals surface area contributed by atoms with Gasteiger partial charge in [0.2, 0.25) is 0 Å². The van der Waals surface area contributed by atoms with E-state index in [1.807, 2.05) is 49.4 Å². The smallest absolute Gasteiger partial charge is 0.263 e. The van der Waals surface area contributed by atoms with Crippen molar-refractivity contribution in [2.45, 2.75) is 11.8 Å². The molecule has 0 aliphatic carbocycles. The SMILES string of the molecule is COc1ccc(S(=O)(=O)Nc2nc3ccccc3nc2Nc2ccc(C)cc2)cc1. The van der Waals surface area contributed by atoms with Crippen LogP contribution in [-0.4, -0.2) is 25.5 Å². The maximum atomic E-state index is 12.9. The fraction of sp³-hybridized carbons (Fsp3) is 0.0909. The number of aromatic nitrogens is 2. The van der Waals surface area contributed by atoms with Gasteiger partial charge in [-0.1, -0.05) is 29.8 Å². The first-order valence-corrected chi connectivity index (χ1v) is 10.7. The Kier molecular flexibility index (Phi) is 5.24. The van der Waals surface area contributed by atoms with Crippen LogP contribution in [0.3, 0.4) is 0 Å². The summed E-state index contributed by atoms with van der Waals surface area (Å²) in [4.78, 5) is 9.17. The number of aryl methyl sites for hydroxylation is 1. The van der Waals surface area contributed by atoms with Crippen LogP contribution in [-0.2, 0) is 10.0 Å². The van der Waals surface area contributed by atoms with Crippen molar-refractivity contribution >= 4 is 38.4 Å². The summed E-state index contributed by atoms with van der Waals surface area (Å²) in [5.41, 5.74) is 3.12. The zero-order chi connectivity index (χ0) is 21.1. The van der Waals surface area contributed by atoms with Gasteiger partial charge in [-0.2, -0.15) is 0 Å². The van der Waals surface area contributed by atoms with Crippen molar-refractivity contribution in [2.24, 2.45) is 0 Å². The molecule has 0 unspecified atom stereocenters. The Morgan fingerprint density at radius 1 is 0.800 bits per heavy atom. The van der Waals surface area contributed by atoms with Gasteiger partial charge in [-0.25, -0.2) is 18.4 Å². The van der Waals surface area contributed by atoms with E-state index in [1.54, 1.807) is 18.2 Å². The molecule has 1 aromatic heterocycles.